The zero-order chi connectivity index (χ0) is 17.7. The van der Waals surface area contributed by atoms with E-state index in [-0.39, 0.29) is 5.91 Å². The molecule has 0 aliphatic carbocycles. The average Bonchev–Trinajstić information content (AvgIpc) is 2.68. The fraction of sp³-hybridized carbons (Fsp3) is 0.350. The summed E-state index contributed by atoms with van der Waals surface area (Å²) in [6, 6.07) is 18.4. The van der Waals surface area contributed by atoms with Gasteiger partial charge in [-0.1, -0.05) is 48.6 Å². The number of amides is 1. The monoisotopic (exact) mass is 354 g/mol. The van der Waals surface area contributed by atoms with E-state index < -0.39 is 8.07 Å². The number of anilines is 1. The van der Waals surface area contributed by atoms with Gasteiger partial charge in [0.05, 0.1) is 13.2 Å². The maximum absolute atomic E-state index is 12.5. The zero-order valence-corrected chi connectivity index (χ0v) is 16.0. The first-order chi connectivity index (χ1) is 12.1. The molecule has 1 heterocycles. The minimum atomic E-state index is -1.67. The normalized spacial score (nSPS) is 15.0. The molecule has 2 aromatic carbocycles. The summed E-state index contributed by atoms with van der Waals surface area (Å²) in [6.07, 6.45) is 0.737. The van der Waals surface area contributed by atoms with Gasteiger partial charge in [-0.25, -0.2) is 0 Å². The third-order valence-electron chi connectivity index (χ3n) is 4.75. The Morgan fingerprint density at radius 3 is 2.32 bits per heavy atom. The van der Waals surface area contributed by atoms with Gasteiger partial charge in [0.2, 0.25) is 0 Å². The Kier molecular flexibility index (Phi) is 5.55. The third-order valence-corrected chi connectivity index (χ3v) is 7.71. The Morgan fingerprint density at radius 2 is 1.68 bits per heavy atom. The van der Waals surface area contributed by atoms with Crippen LogP contribution in [-0.2, 0) is 4.74 Å². The zero-order valence-electron chi connectivity index (χ0n) is 15.0. The molecule has 3 rings (SSSR count). The number of nitrogens with zero attached hydrogens (tertiary/aromatic N) is 1. The highest BCUT2D eigenvalue weighted by atomic mass is 28.3. The number of hydrogen-bond donors (Lipinski definition) is 1. The summed E-state index contributed by atoms with van der Waals surface area (Å²) in [6.45, 7) is 7.90. The molecule has 1 aliphatic heterocycles. The van der Waals surface area contributed by atoms with Crippen LogP contribution in [0.4, 0.5) is 5.69 Å². The molecule has 132 valence electrons. The summed E-state index contributed by atoms with van der Waals surface area (Å²) in [5.74, 6) is 0.00466. The lowest BCUT2D eigenvalue weighted by molar-refractivity contribution is 0.0959. The van der Waals surface area contributed by atoms with E-state index >= 15 is 0 Å². The molecule has 0 aromatic heterocycles. The van der Waals surface area contributed by atoms with Crippen LogP contribution < -0.4 is 15.4 Å². The second-order valence-electron chi connectivity index (χ2n) is 7.08. The molecule has 0 unspecified atom stereocenters. The number of rotatable bonds is 5. The maximum Gasteiger partial charge on any atom is 0.251 e. The molecule has 1 saturated heterocycles. The first kappa shape index (κ1) is 17.7. The van der Waals surface area contributed by atoms with Gasteiger partial charge in [-0.2, -0.15) is 0 Å². The van der Waals surface area contributed by atoms with Crippen molar-refractivity contribution in [3.05, 3.63) is 60.2 Å². The molecule has 0 spiro atoms. The summed E-state index contributed by atoms with van der Waals surface area (Å²) in [5, 5.41) is 4.49. The third kappa shape index (κ3) is 4.49. The van der Waals surface area contributed by atoms with Gasteiger partial charge in [-0.05, 0) is 24.3 Å². The molecule has 0 radical (unpaired) electrons. The molecule has 5 heteroatoms. The summed E-state index contributed by atoms with van der Waals surface area (Å²) in [7, 11) is -1.67. The molecular weight excluding hydrogens is 328 g/mol. The molecule has 0 saturated carbocycles. The molecule has 1 N–H and O–H groups in total. The van der Waals surface area contributed by atoms with Crippen molar-refractivity contribution in [2.24, 2.45) is 0 Å². The fourth-order valence-electron chi connectivity index (χ4n) is 3.04. The number of morpholine rings is 1. The predicted molar refractivity (Wildman–Crippen MR) is 105 cm³/mol. The minimum Gasteiger partial charge on any atom is -0.378 e. The van der Waals surface area contributed by atoms with Gasteiger partial charge in [0.15, 0.2) is 0 Å². The van der Waals surface area contributed by atoms with Gasteiger partial charge in [0, 0.05) is 30.5 Å². The molecular formula is C20H26N2O2Si. The Bertz CT molecular complexity index is 695. The largest absolute Gasteiger partial charge is 0.378 e. The summed E-state index contributed by atoms with van der Waals surface area (Å²) < 4.78 is 5.38. The van der Waals surface area contributed by atoms with Crippen LogP contribution in [0.15, 0.2) is 54.6 Å². The van der Waals surface area contributed by atoms with Gasteiger partial charge in [0.25, 0.3) is 5.91 Å². The van der Waals surface area contributed by atoms with Crippen molar-refractivity contribution in [2.75, 3.05) is 37.4 Å². The van der Waals surface area contributed by atoms with Crippen molar-refractivity contribution < 1.29 is 9.53 Å². The Balaban J connectivity index is 1.59. The quantitative estimate of drug-likeness (QED) is 0.839. The second-order valence-corrected chi connectivity index (χ2v) is 11.8. The van der Waals surface area contributed by atoms with Gasteiger partial charge in [-0.3, -0.25) is 4.79 Å². The van der Waals surface area contributed by atoms with Crippen LogP contribution >= 0.6 is 0 Å². The van der Waals surface area contributed by atoms with Gasteiger partial charge in [-0.15, -0.1) is 0 Å². The van der Waals surface area contributed by atoms with Crippen LogP contribution in [0.5, 0.6) is 0 Å². The van der Waals surface area contributed by atoms with Crippen molar-refractivity contribution in [3.63, 3.8) is 0 Å². The van der Waals surface area contributed by atoms with Crippen LogP contribution in [0.25, 0.3) is 0 Å². The number of carbonyl (C=O) groups is 1. The molecule has 1 aliphatic rings. The summed E-state index contributed by atoms with van der Waals surface area (Å²) in [4.78, 5) is 14.8. The van der Waals surface area contributed by atoms with Crippen molar-refractivity contribution in [2.45, 2.75) is 13.1 Å². The van der Waals surface area contributed by atoms with E-state index in [1.165, 1.54) is 5.19 Å². The molecule has 1 fully saturated rings. The topological polar surface area (TPSA) is 41.6 Å². The van der Waals surface area contributed by atoms with E-state index in [0.29, 0.717) is 0 Å². The fourth-order valence-corrected chi connectivity index (χ4v) is 4.94. The van der Waals surface area contributed by atoms with Crippen LogP contribution in [0.3, 0.4) is 0 Å². The van der Waals surface area contributed by atoms with E-state index in [0.717, 1.165) is 43.7 Å². The Morgan fingerprint density at radius 1 is 1.04 bits per heavy atom. The molecule has 4 nitrogen and oxygen atoms in total. The highest BCUT2D eigenvalue weighted by molar-refractivity contribution is 6.90. The Hall–Kier alpha value is -2.11. The lowest BCUT2D eigenvalue weighted by atomic mass is 10.2. The Labute approximate surface area is 150 Å². The van der Waals surface area contributed by atoms with Crippen molar-refractivity contribution in [1.82, 2.24) is 5.32 Å². The predicted octanol–water partition coefficient (Wildman–Crippen LogP) is 2.41. The van der Waals surface area contributed by atoms with Gasteiger partial charge in [0.1, 0.15) is 8.07 Å². The van der Waals surface area contributed by atoms with Crippen LogP contribution in [0.2, 0.25) is 13.1 Å². The number of carbonyl (C=O) groups excluding carboxylic acids is 1. The SMILES string of the molecule is C[Si](C)(CNC(=O)c1ccc(N2CCOCC2)cc1)c1ccccc1. The lowest BCUT2D eigenvalue weighted by Gasteiger charge is -2.29. The molecule has 0 bridgehead atoms. The lowest BCUT2D eigenvalue weighted by Crippen LogP contribution is -2.51. The second kappa shape index (κ2) is 7.85. The molecule has 1 amide bonds. The first-order valence-electron chi connectivity index (χ1n) is 8.83. The van der Waals surface area contributed by atoms with Gasteiger partial charge < -0.3 is 15.0 Å². The average molecular weight is 355 g/mol. The number of hydrogen-bond acceptors (Lipinski definition) is 3. The van der Waals surface area contributed by atoms with Crippen molar-refractivity contribution in [3.8, 4) is 0 Å². The van der Waals surface area contributed by atoms with E-state index in [4.69, 9.17) is 4.74 Å². The standard InChI is InChI=1S/C20H26N2O2Si/c1-25(2,19-6-4-3-5-7-19)16-21-20(23)17-8-10-18(11-9-17)22-12-14-24-15-13-22/h3-11H,12-16H2,1-2H3,(H,21,23). The first-order valence-corrected chi connectivity index (χ1v) is 12.0. The van der Waals surface area contributed by atoms with Gasteiger partial charge >= 0.3 is 0 Å². The van der Waals surface area contributed by atoms with E-state index in [9.17, 15) is 4.79 Å². The van der Waals surface area contributed by atoms with E-state index in [2.05, 4.69) is 47.6 Å². The number of ether oxygens (including phenoxy) is 1. The van der Waals surface area contributed by atoms with Crippen LogP contribution in [-0.4, -0.2) is 46.5 Å². The minimum absolute atomic E-state index is 0.00466. The highest BCUT2D eigenvalue weighted by Gasteiger charge is 2.24. The van der Waals surface area contributed by atoms with Crippen molar-refractivity contribution >= 4 is 24.9 Å². The van der Waals surface area contributed by atoms with Crippen LogP contribution in [0.1, 0.15) is 10.4 Å². The van der Waals surface area contributed by atoms with Crippen molar-refractivity contribution in [1.29, 1.82) is 0 Å². The van der Waals surface area contributed by atoms with E-state index in [1.807, 2.05) is 30.3 Å². The summed E-state index contributed by atoms with van der Waals surface area (Å²) in [5.41, 5.74) is 1.87. The number of benzene rings is 2. The molecule has 2 aromatic rings. The molecule has 0 atom stereocenters. The summed E-state index contributed by atoms with van der Waals surface area (Å²) >= 11 is 0. The molecule has 25 heavy (non-hydrogen) atoms. The van der Waals surface area contributed by atoms with Crippen LogP contribution in [0, 0.1) is 0 Å². The van der Waals surface area contributed by atoms with E-state index in [1.54, 1.807) is 0 Å². The smallest absolute Gasteiger partial charge is 0.251 e. The number of nitrogens with one attached hydrogen (secondary N) is 1. The maximum atomic E-state index is 12.5. The highest BCUT2D eigenvalue weighted by Crippen LogP contribution is 2.16.